The van der Waals surface area contributed by atoms with Crippen molar-refractivity contribution in [3.63, 3.8) is 0 Å². The van der Waals surface area contributed by atoms with Crippen molar-refractivity contribution in [2.24, 2.45) is 0 Å². The Kier molecular flexibility index (Phi) is 11.4. The Morgan fingerprint density at radius 2 is 1.67 bits per heavy atom. The molecule has 0 aromatic heterocycles. The maximum absolute atomic E-state index is 13.7. The molecule has 1 aliphatic rings. The first-order valence-electron chi connectivity index (χ1n) is 14.9. The highest BCUT2D eigenvalue weighted by molar-refractivity contribution is 7.89. The van der Waals surface area contributed by atoms with Gasteiger partial charge in [-0.1, -0.05) is 36.4 Å². The summed E-state index contributed by atoms with van der Waals surface area (Å²) in [6.07, 6.45) is -1.50. The molecule has 0 aliphatic carbocycles. The molecule has 2 atom stereocenters. The maximum atomic E-state index is 13.7. The smallest absolute Gasteiger partial charge is 0.408 e. The van der Waals surface area contributed by atoms with Crippen LogP contribution in [0.1, 0.15) is 43.9 Å². The highest BCUT2D eigenvalue weighted by Gasteiger charge is 2.40. The van der Waals surface area contributed by atoms with Gasteiger partial charge >= 0.3 is 12.1 Å². The molecule has 4 rings (SSSR count). The van der Waals surface area contributed by atoms with Crippen molar-refractivity contribution in [3.05, 3.63) is 89.5 Å². The second-order valence-electron chi connectivity index (χ2n) is 11.9. The number of rotatable bonds is 11. The predicted molar refractivity (Wildman–Crippen MR) is 172 cm³/mol. The van der Waals surface area contributed by atoms with Crippen LogP contribution in [0, 0.1) is 0 Å². The summed E-state index contributed by atoms with van der Waals surface area (Å²) in [7, 11) is -2.80. The van der Waals surface area contributed by atoms with Gasteiger partial charge in [0.05, 0.1) is 18.4 Å². The Bertz CT molecular complexity index is 1740. The number of alkyl carbamates (subject to hydrolysis) is 1. The van der Waals surface area contributed by atoms with E-state index in [4.69, 9.17) is 14.2 Å². The monoisotopic (exact) mass is 682 g/mol. The van der Waals surface area contributed by atoms with Crippen molar-refractivity contribution >= 4 is 39.6 Å². The number of carbonyl (C=O) groups is 4. The fourth-order valence-electron chi connectivity index (χ4n) is 4.97. The first-order valence-corrected chi connectivity index (χ1v) is 16.4. The van der Waals surface area contributed by atoms with Crippen LogP contribution in [0.2, 0.25) is 0 Å². The van der Waals surface area contributed by atoms with Gasteiger partial charge in [-0.25, -0.2) is 18.7 Å². The molecule has 3 amide bonds. The van der Waals surface area contributed by atoms with Crippen LogP contribution in [0.25, 0.3) is 0 Å². The first-order chi connectivity index (χ1) is 22.7. The number of methoxy groups -OCH3 is 1. The number of ether oxygens (including phenoxy) is 3. The van der Waals surface area contributed by atoms with Crippen molar-refractivity contribution < 1.29 is 47.0 Å². The van der Waals surface area contributed by atoms with Gasteiger partial charge < -0.3 is 24.8 Å². The van der Waals surface area contributed by atoms with Gasteiger partial charge in [-0.2, -0.15) is 4.31 Å². The number of hydrogen-bond donors (Lipinski definition) is 4. The largest absolute Gasteiger partial charge is 0.497 e. The summed E-state index contributed by atoms with van der Waals surface area (Å²) in [5.74, 6) is -1.96. The lowest BCUT2D eigenvalue weighted by atomic mass is 9.95. The lowest BCUT2D eigenvalue weighted by molar-refractivity contribution is -0.156. The molecule has 0 bridgehead atoms. The Morgan fingerprint density at radius 1 is 0.979 bits per heavy atom. The molecule has 3 aromatic rings. The maximum Gasteiger partial charge on any atom is 0.408 e. The Labute approximate surface area is 278 Å². The van der Waals surface area contributed by atoms with Crippen LogP contribution in [0.5, 0.6) is 5.75 Å². The summed E-state index contributed by atoms with van der Waals surface area (Å²) in [5.41, 5.74) is 2.75. The van der Waals surface area contributed by atoms with E-state index < -0.39 is 58.0 Å². The van der Waals surface area contributed by atoms with E-state index in [2.05, 4.69) is 10.6 Å². The molecule has 15 heteroatoms. The van der Waals surface area contributed by atoms with Gasteiger partial charge in [0, 0.05) is 12.2 Å². The minimum Gasteiger partial charge on any atom is -0.497 e. The lowest BCUT2D eigenvalue weighted by Crippen LogP contribution is -2.51. The minimum absolute atomic E-state index is 0.0660. The lowest BCUT2D eigenvalue weighted by Gasteiger charge is -2.34. The third kappa shape index (κ3) is 9.30. The van der Waals surface area contributed by atoms with Crippen molar-refractivity contribution in [1.29, 1.82) is 0 Å². The second kappa shape index (κ2) is 15.3. The number of nitrogens with zero attached hydrogens (tertiary/aromatic N) is 1. The summed E-state index contributed by atoms with van der Waals surface area (Å²) < 4.78 is 44.0. The molecule has 4 N–H and O–H groups in total. The number of hydrogen-bond acceptors (Lipinski definition) is 10. The molecule has 1 heterocycles. The summed E-state index contributed by atoms with van der Waals surface area (Å²) in [5, 5.41) is 14.5. The fourth-order valence-corrected chi connectivity index (χ4v) is 6.53. The van der Waals surface area contributed by atoms with Gasteiger partial charge in [-0.3, -0.25) is 19.6 Å². The topological polar surface area (TPSA) is 190 Å². The number of amides is 3. The van der Waals surface area contributed by atoms with Crippen LogP contribution in [-0.4, -0.2) is 66.6 Å². The Balaban J connectivity index is 1.55. The van der Waals surface area contributed by atoms with Gasteiger partial charge in [0.2, 0.25) is 15.9 Å². The number of fused-ring (bicyclic) bond motifs is 1. The molecular formula is C33H38N4O10S. The summed E-state index contributed by atoms with van der Waals surface area (Å²) >= 11 is 0. The zero-order chi connectivity index (χ0) is 35.1. The molecule has 0 saturated carbocycles. The number of hydroxylamine groups is 1. The Hall–Kier alpha value is -4.99. The molecule has 0 radical (unpaired) electrons. The van der Waals surface area contributed by atoms with Crippen molar-refractivity contribution in [2.45, 2.75) is 69.3 Å². The number of anilines is 1. The van der Waals surface area contributed by atoms with Crippen LogP contribution >= 0.6 is 0 Å². The van der Waals surface area contributed by atoms with E-state index >= 15 is 0 Å². The van der Waals surface area contributed by atoms with E-state index in [1.807, 2.05) is 6.07 Å². The third-order valence-corrected chi connectivity index (χ3v) is 9.12. The molecule has 256 valence electrons. The van der Waals surface area contributed by atoms with Crippen molar-refractivity contribution in [1.82, 2.24) is 15.1 Å². The molecule has 48 heavy (non-hydrogen) atoms. The van der Waals surface area contributed by atoms with Gasteiger partial charge in [-0.15, -0.1) is 0 Å². The van der Waals surface area contributed by atoms with Crippen LogP contribution in [0.4, 0.5) is 10.5 Å². The standard InChI is InChI=1S/C33H38N4O10S/c1-33(2,3)47-29(38)18-27(35-32(41)46-20-21-8-6-5-7-9-21)30(39)34-24-11-10-22-17-28(31(40)36-42)37(19-23(22)16-24)48(43,44)26-14-12-25(45-4)13-15-26/h5-16,27-28,42H,17-20H2,1-4H3,(H,34,39)(H,35,41)(H,36,40)/t27-,28-/m0/s1. The summed E-state index contributed by atoms with van der Waals surface area (Å²) in [4.78, 5) is 51.3. The van der Waals surface area contributed by atoms with E-state index in [9.17, 15) is 32.8 Å². The number of nitrogens with one attached hydrogen (secondary N) is 3. The minimum atomic E-state index is -4.25. The molecular weight excluding hydrogens is 644 g/mol. The average Bonchev–Trinajstić information content (AvgIpc) is 3.05. The molecule has 0 fully saturated rings. The number of esters is 1. The van der Waals surface area contributed by atoms with E-state index in [1.165, 1.54) is 43.5 Å². The molecule has 14 nitrogen and oxygen atoms in total. The SMILES string of the molecule is COc1ccc(S(=O)(=O)N2Cc3cc(NC(=O)[C@H](CC(=O)OC(C)(C)C)NC(=O)OCc4ccccc4)ccc3C[C@H]2C(=O)NO)cc1. The van der Waals surface area contributed by atoms with Gasteiger partial charge in [-0.05, 0) is 80.3 Å². The fraction of sp³-hybridized carbons (Fsp3) is 0.333. The molecule has 0 unspecified atom stereocenters. The third-order valence-electron chi connectivity index (χ3n) is 7.25. The second-order valence-corrected chi connectivity index (χ2v) is 13.8. The van der Waals surface area contributed by atoms with E-state index in [1.54, 1.807) is 56.6 Å². The molecule has 3 aromatic carbocycles. The first kappa shape index (κ1) is 35.9. The predicted octanol–water partition coefficient (Wildman–Crippen LogP) is 3.28. The quantitative estimate of drug-likeness (QED) is 0.133. The number of sulfonamides is 1. The van der Waals surface area contributed by atoms with E-state index in [0.717, 1.165) is 9.87 Å². The highest BCUT2D eigenvalue weighted by Crippen LogP contribution is 2.31. The zero-order valence-electron chi connectivity index (χ0n) is 26.9. The van der Waals surface area contributed by atoms with Crippen molar-refractivity contribution in [3.8, 4) is 5.75 Å². The van der Waals surface area contributed by atoms with Crippen LogP contribution in [-0.2, 0) is 53.5 Å². The van der Waals surface area contributed by atoms with Gasteiger partial charge in [0.1, 0.15) is 30.0 Å². The number of carbonyl (C=O) groups excluding carboxylic acids is 4. The Morgan fingerprint density at radius 3 is 2.29 bits per heavy atom. The molecule has 1 aliphatic heterocycles. The number of benzene rings is 3. The van der Waals surface area contributed by atoms with Crippen LogP contribution < -0.4 is 20.9 Å². The van der Waals surface area contributed by atoms with E-state index in [0.29, 0.717) is 16.9 Å². The van der Waals surface area contributed by atoms with E-state index in [-0.39, 0.29) is 30.2 Å². The molecule has 0 saturated heterocycles. The summed E-state index contributed by atoms with van der Waals surface area (Å²) in [6, 6.07) is 16.6. The van der Waals surface area contributed by atoms with Gasteiger partial charge in [0.15, 0.2) is 0 Å². The normalized spacial score (nSPS) is 15.3. The molecule has 0 spiro atoms. The van der Waals surface area contributed by atoms with Crippen molar-refractivity contribution in [2.75, 3.05) is 12.4 Å². The zero-order valence-corrected chi connectivity index (χ0v) is 27.7. The summed E-state index contributed by atoms with van der Waals surface area (Å²) in [6.45, 7) is 4.67. The van der Waals surface area contributed by atoms with Gasteiger partial charge in [0.25, 0.3) is 5.91 Å². The average molecular weight is 683 g/mol. The highest BCUT2D eigenvalue weighted by atomic mass is 32.2. The van der Waals surface area contributed by atoms with Crippen LogP contribution in [0.15, 0.2) is 77.7 Å². The van der Waals surface area contributed by atoms with Crippen LogP contribution in [0.3, 0.4) is 0 Å².